The third-order valence-electron chi connectivity index (χ3n) is 2.65. The number of rotatable bonds is 2. The van der Waals surface area contributed by atoms with Crippen LogP contribution in [-0.4, -0.2) is 19.8 Å². The van der Waals surface area contributed by atoms with Gasteiger partial charge in [-0.1, -0.05) is 6.07 Å². The molecule has 14 heavy (non-hydrogen) atoms. The Kier molecular flexibility index (Phi) is 2.68. The Morgan fingerprint density at radius 2 is 2.36 bits per heavy atom. The van der Waals surface area contributed by atoms with Gasteiger partial charge < -0.3 is 10.1 Å². The lowest BCUT2D eigenvalue weighted by Gasteiger charge is -2.24. The number of methoxy groups -OCH3 is 1. The zero-order valence-electron chi connectivity index (χ0n) is 8.22. The van der Waals surface area contributed by atoms with Gasteiger partial charge in [0.05, 0.1) is 7.11 Å². The van der Waals surface area contributed by atoms with Crippen molar-refractivity contribution >= 4 is 0 Å². The van der Waals surface area contributed by atoms with Gasteiger partial charge >= 0.3 is 0 Å². The molecule has 0 radical (unpaired) electrons. The van der Waals surface area contributed by atoms with E-state index in [1.165, 1.54) is 11.1 Å². The second-order valence-corrected chi connectivity index (χ2v) is 3.57. The van der Waals surface area contributed by atoms with E-state index >= 15 is 0 Å². The van der Waals surface area contributed by atoms with Crippen molar-refractivity contribution in [2.75, 3.05) is 13.8 Å². The third kappa shape index (κ3) is 1.73. The molecule has 0 saturated carbocycles. The quantitative estimate of drug-likeness (QED) is 0.775. The Bertz CT molecular complexity index is 327. The van der Waals surface area contributed by atoms with E-state index in [2.05, 4.69) is 5.32 Å². The number of hydrogen-bond acceptors (Lipinski definition) is 2. The Morgan fingerprint density at radius 1 is 1.50 bits per heavy atom. The maximum atomic E-state index is 12.5. The van der Waals surface area contributed by atoms with E-state index in [0.29, 0.717) is 0 Å². The molecule has 0 aliphatic carbocycles. The molecule has 0 saturated heterocycles. The summed E-state index contributed by atoms with van der Waals surface area (Å²) in [6, 6.07) is 5.94. The SMILES string of the molecule is COc1ccc2c(c1)CC(CF)NC2. The summed E-state index contributed by atoms with van der Waals surface area (Å²) in [5, 5.41) is 3.15. The summed E-state index contributed by atoms with van der Waals surface area (Å²) in [4.78, 5) is 0. The van der Waals surface area contributed by atoms with E-state index in [1.807, 2.05) is 18.2 Å². The molecule has 0 aromatic heterocycles. The largest absolute Gasteiger partial charge is 0.497 e. The molecule has 1 atom stereocenters. The van der Waals surface area contributed by atoms with Gasteiger partial charge in [-0.15, -0.1) is 0 Å². The lowest BCUT2D eigenvalue weighted by atomic mass is 9.96. The van der Waals surface area contributed by atoms with Gasteiger partial charge in [-0.05, 0) is 29.7 Å². The monoisotopic (exact) mass is 195 g/mol. The summed E-state index contributed by atoms with van der Waals surface area (Å²) in [6.07, 6.45) is 0.753. The van der Waals surface area contributed by atoms with Crippen LogP contribution < -0.4 is 10.1 Å². The molecule has 1 aliphatic heterocycles. The number of ether oxygens (including phenoxy) is 1. The normalized spacial score (nSPS) is 20.3. The van der Waals surface area contributed by atoms with E-state index in [1.54, 1.807) is 7.11 Å². The highest BCUT2D eigenvalue weighted by Gasteiger charge is 2.17. The first-order valence-corrected chi connectivity index (χ1v) is 4.78. The van der Waals surface area contributed by atoms with Crippen molar-refractivity contribution in [3.05, 3.63) is 29.3 Å². The van der Waals surface area contributed by atoms with Crippen molar-refractivity contribution in [1.82, 2.24) is 5.32 Å². The van der Waals surface area contributed by atoms with Crippen LogP contribution in [0.3, 0.4) is 0 Å². The Labute approximate surface area is 83.1 Å². The van der Waals surface area contributed by atoms with Crippen LogP contribution in [0.2, 0.25) is 0 Å². The molecule has 1 unspecified atom stereocenters. The fourth-order valence-corrected chi connectivity index (χ4v) is 1.79. The van der Waals surface area contributed by atoms with Crippen LogP contribution in [0.15, 0.2) is 18.2 Å². The molecule has 0 bridgehead atoms. The molecule has 1 aromatic rings. The molecule has 1 aliphatic rings. The van der Waals surface area contributed by atoms with E-state index in [0.717, 1.165) is 18.7 Å². The molecule has 3 heteroatoms. The first-order chi connectivity index (χ1) is 6.83. The van der Waals surface area contributed by atoms with Gasteiger partial charge in [0.15, 0.2) is 0 Å². The zero-order valence-corrected chi connectivity index (χ0v) is 8.22. The van der Waals surface area contributed by atoms with Gasteiger partial charge in [0.25, 0.3) is 0 Å². The highest BCUT2D eigenvalue weighted by molar-refractivity contribution is 5.37. The molecule has 0 fully saturated rings. The number of fused-ring (bicyclic) bond motifs is 1. The molecule has 2 nitrogen and oxygen atoms in total. The fraction of sp³-hybridized carbons (Fsp3) is 0.455. The van der Waals surface area contributed by atoms with Gasteiger partial charge in [0, 0.05) is 12.6 Å². The summed E-state index contributed by atoms with van der Waals surface area (Å²) in [6.45, 7) is 0.449. The third-order valence-corrected chi connectivity index (χ3v) is 2.65. The van der Waals surface area contributed by atoms with E-state index in [4.69, 9.17) is 4.74 Å². The molecular formula is C11H14FNO. The maximum Gasteiger partial charge on any atom is 0.119 e. The van der Waals surface area contributed by atoms with E-state index < -0.39 is 0 Å². The van der Waals surface area contributed by atoms with Crippen LogP contribution in [0.5, 0.6) is 5.75 Å². The molecule has 0 spiro atoms. The van der Waals surface area contributed by atoms with Gasteiger partial charge in [0.1, 0.15) is 12.4 Å². The Balaban J connectivity index is 2.25. The first-order valence-electron chi connectivity index (χ1n) is 4.78. The van der Waals surface area contributed by atoms with Crippen molar-refractivity contribution in [2.45, 2.75) is 19.0 Å². The smallest absolute Gasteiger partial charge is 0.119 e. The lowest BCUT2D eigenvalue weighted by Crippen LogP contribution is -2.37. The summed E-state index contributed by atoms with van der Waals surface area (Å²) >= 11 is 0. The molecule has 1 heterocycles. The standard InChI is InChI=1S/C11H14FNO/c1-14-11-3-2-8-7-13-10(6-12)4-9(8)5-11/h2-3,5,10,13H,4,6-7H2,1H3. The summed E-state index contributed by atoms with van der Waals surface area (Å²) in [5.74, 6) is 0.850. The van der Waals surface area contributed by atoms with E-state index in [-0.39, 0.29) is 12.7 Å². The first kappa shape index (κ1) is 9.46. The minimum Gasteiger partial charge on any atom is -0.497 e. The predicted octanol–water partition coefficient (Wildman–Crippen LogP) is 1.68. The Hall–Kier alpha value is -1.09. The summed E-state index contributed by atoms with van der Waals surface area (Å²) < 4.78 is 17.6. The van der Waals surface area contributed by atoms with Crippen molar-refractivity contribution in [3.8, 4) is 5.75 Å². The average Bonchev–Trinajstić information content (AvgIpc) is 2.27. The number of hydrogen-bond donors (Lipinski definition) is 1. The van der Waals surface area contributed by atoms with Gasteiger partial charge in [-0.2, -0.15) is 0 Å². The van der Waals surface area contributed by atoms with Crippen LogP contribution in [0.4, 0.5) is 4.39 Å². The van der Waals surface area contributed by atoms with Crippen LogP contribution >= 0.6 is 0 Å². The second kappa shape index (κ2) is 3.96. The number of benzene rings is 1. The highest BCUT2D eigenvalue weighted by Crippen LogP contribution is 2.22. The van der Waals surface area contributed by atoms with Gasteiger partial charge in [0.2, 0.25) is 0 Å². The van der Waals surface area contributed by atoms with Crippen LogP contribution in [0.1, 0.15) is 11.1 Å². The molecule has 76 valence electrons. The molecule has 0 amide bonds. The zero-order chi connectivity index (χ0) is 9.97. The number of alkyl halides is 1. The summed E-state index contributed by atoms with van der Waals surface area (Å²) in [7, 11) is 1.65. The van der Waals surface area contributed by atoms with Gasteiger partial charge in [-0.3, -0.25) is 0 Å². The minimum absolute atomic E-state index is 0.0328. The summed E-state index contributed by atoms with van der Waals surface area (Å²) in [5.41, 5.74) is 2.45. The average molecular weight is 195 g/mol. The van der Waals surface area contributed by atoms with Crippen molar-refractivity contribution in [2.24, 2.45) is 0 Å². The molecule has 1 N–H and O–H groups in total. The van der Waals surface area contributed by atoms with Crippen molar-refractivity contribution in [1.29, 1.82) is 0 Å². The molecule has 2 rings (SSSR count). The fourth-order valence-electron chi connectivity index (χ4n) is 1.79. The van der Waals surface area contributed by atoms with Crippen LogP contribution in [-0.2, 0) is 13.0 Å². The second-order valence-electron chi connectivity index (χ2n) is 3.57. The minimum atomic E-state index is -0.309. The lowest BCUT2D eigenvalue weighted by molar-refractivity contribution is 0.357. The number of nitrogens with one attached hydrogen (secondary N) is 1. The predicted molar refractivity (Wildman–Crippen MR) is 53.3 cm³/mol. The van der Waals surface area contributed by atoms with E-state index in [9.17, 15) is 4.39 Å². The topological polar surface area (TPSA) is 21.3 Å². The van der Waals surface area contributed by atoms with Crippen LogP contribution in [0.25, 0.3) is 0 Å². The van der Waals surface area contributed by atoms with Crippen LogP contribution in [0, 0.1) is 0 Å². The molecular weight excluding hydrogens is 181 g/mol. The van der Waals surface area contributed by atoms with Crippen molar-refractivity contribution < 1.29 is 9.13 Å². The molecule has 1 aromatic carbocycles. The number of halogens is 1. The van der Waals surface area contributed by atoms with Gasteiger partial charge in [-0.25, -0.2) is 4.39 Å². The van der Waals surface area contributed by atoms with Crippen molar-refractivity contribution in [3.63, 3.8) is 0 Å². The highest BCUT2D eigenvalue weighted by atomic mass is 19.1. The maximum absolute atomic E-state index is 12.5. The Morgan fingerprint density at radius 3 is 3.07 bits per heavy atom.